The van der Waals surface area contributed by atoms with E-state index in [1.807, 2.05) is 48.2 Å². The van der Waals surface area contributed by atoms with Gasteiger partial charge in [0.1, 0.15) is 0 Å². The highest BCUT2D eigenvalue weighted by Crippen LogP contribution is 2.44. The maximum Gasteiger partial charge on any atom is 0.490 e. The molecule has 1 aromatic carbocycles. The fraction of sp³-hybridized carbons (Fsp3) is 0.654. The monoisotopic (exact) mass is 526 g/mol. The van der Waals surface area contributed by atoms with Gasteiger partial charge in [-0.25, -0.2) is 4.79 Å². The standard InChI is InChI=1S/C24H36N4O2.C2HF3O2/c1-5-6-17(2)28-15-20-21(16-28)24(25-22(20)29)11-13-27(14-12-24)23(30)18-7-9-19(10-8-18)26(3)4;3-2(4,5)1(6)7/h7-10,17,20-21H,5-6,11-16H2,1-4H3,(H,25,29);(H,6,7)/t17?,20-,21+;/m1./s1. The molecule has 11 heteroatoms. The minimum Gasteiger partial charge on any atom is -0.475 e. The van der Waals surface area contributed by atoms with Gasteiger partial charge in [-0.3, -0.25) is 14.5 Å². The van der Waals surface area contributed by atoms with Crippen LogP contribution in [0.1, 0.15) is 49.9 Å². The summed E-state index contributed by atoms with van der Waals surface area (Å²) in [4.78, 5) is 41.2. The lowest BCUT2D eigenvalue weighted by Gasteiger charge is -2.43. The fourth-order valence-corrected chi connectivity index (χ4v) is 5.74. The number of carbonyl (C=O) groups excluding carboxylic acids is 2. The number of nitrogens with one attached hydrogen (secondary N) is 1. The third-order valence-electron chi connectivity index (χ3n) is 7.91. The second-order valence-corrected chi connectivity index (χ2v) is 10.5. The predicted octanol–water partition coefficient (Wildman–Crippen LogP) is 3.23. The van der Waals surface area contributed by atoms with Crippen LogP contribution >= 0.6 is 0 Å². The van der Waals surface area contributed by atoms with Crippen LogP contribution in [0.2, 0.25) is 0 Å². The molecule has 3 saturated heterocycles. The van der Waals surface area contributed by atoms with E-state index in [2.05, 4.69) is 24.1 Å². The Kier molecular flexibility index (Phi) is 8.77. The van der Waals surface area contributed by atoms with E-state index in [1.165, 1.54) is 12.8 Å². The summed E-state index contributed by atoms with van der Waals surface area (Å²) in [6.07, 6.45) is -1.01. The van der Waals surface area contributed by atoms with Crippen LogP contribution in [0.25, 0.3) is 0 Å². The lowest BCUT2D eigenvalue weighted by Crippen LogP contribution is -2.56. The SMILES string of the molecule is CCCC(C)N1C[C@H]2C(=O)NC3(CCN(C(=O)c4ccc(N(C)C)cc4)CC3)[C@H]2C1.O=C(O)C(F)(F)F. The molecule has 1 unspecified atom stereocenters. The van der Waals surface area contributed by atoms with Crippen LogP contribution in [0.3, 0.4) is 0 Å². The van der Waals surface area contributed by atoms with E-state index in [1.54, 1.807) is 0 Å². The van der Waals surface area contributed by atoms with Gasteiger partial charge in [-0.1, -0.05) is 13.3 Å². The molecule has 3 heterocycles. The van der Waals surface area contributed by atoms with Crippen molar-refractivity contribution in [2.45, 2.75) is 57.3 Å². The van der Waals surface area contributed by atoms with Gasteiger partial charge in [0, 0.05) is 69.0 Å². The van der Waals surface area contributed by atoms with Gasteiger partial charge in [0.25, 0.3) is 5.91 Å². The van der Waals surface area contributed by atoms with Crippen molar-refractivity contribution >= 4 is 23.5 Å². The number of hydrogen-bond donors (Lipinski definition) is 2. The zero-order valence-corrected chi connectivity index (χ0v) is 21.8. The minimum atomic E-state index is -5.08. The number of benzene rings is 1. The normalized spacial score (nSPS) is 23.6. The van der Waals surface area contributed by atoms with E-state index in [-0.39, 0.29) is 23.3 Å². The number of fused-ring (bicyclic) bond motifs is 2. The molecule has 0 aliphatic carbocycles. The van der Waals surface area contributed by atoms with Crippen LogP contribution in [-0.2, 0) is 9.59 Å². The Morgan fingerprint density at radius 3 is 2.22 bits per heavy atom. The van der Waals surface area contributed by atoms with Crippen molar-refractivity contribution in [3.63, 3.8) is 0 Å². The van der Waals surface area contributed by atoms with Gasteiger partial charge in [-0.05, 0) is 50.5 Å². The zero-order valence-electron chi connectivity index (χ0n) is 21.8. The number of likely N-dealkylation sites (tertiary alicyclic amines) is 2. The summed E-state index contributed by atoms with van der Waals surface area (Å²) in [6, 6.07) is 8.35. The fourth-order valence-electron chi connectivity index (χ4n) is 5.74. The van der Waals surface area contributed by atoms with E-state index in [4.69, 9.17) is 9.90 Å². The number of piperidine rings is 1. The molecule has 4 rings (SSSR count). The van der Waals surface area contributed by atoms with Crippen LogP contribution in [0.4, 0.5) is 18.9 Å². The molecule has 3 fully saturated rings. The van der Waals surface area contributed by atoms with Crippen LogP contribution in [-0.4, -0.2) is 90.7 Å². The Hall–Kier alpha value is -2.82. The highest BCUT2D eigenvalue weighted by atomic mass is 19.4. The number of carboxylic acid groups (broad SMARTS) is 1. The Morgan fingerprint density at radius 2 is 1.73 bits per heavy atom. The first-order valence-corrected chi connectivity index (χ1v) is 12.7. The van der Waals surface area contributed by atoms with Crippen molar-refractivity contribution in [1.29, 1.82) is 0 Å². The topological polar surface area (TPSA) is 93.2 Å². The largest absolute Gasteiger partial charge is 0.490 e. The number of carboxylic acids is 1. The van der Waals surface area contributed by atoms with Crippen molar-refractivity contribution in [3.05, 3.63) is 29.8 Å². The van der Waals surface area contributed by atoms with Gasteiger partial charge in [-0.15, -0.1) is 0 Å². The molecule has 206 valence electrons. The van der Waals surface area contributed by atoms with Crippen LogP contribution in [0.5, 0.6) is 0 Å². The van der Waals surface area contributed by atoms with Gasteiger partial charge in [0.2, 0.25) is 5.91 Å². The molecule has 37 heavy (non-hydrogen) atoms. The van der Waals surface area contributed by atoms with Crippen LogP contribution in [0.15, 0.2) is 24.3 Å². The Balaban J connectivity index is 0.000000479. The molecule has 3 atom stereocenters. The molecule has 0 aromatic heterocycles. The predicted molar refractivity (Wildman–Crippen MR) is 133 cm³/mol. The quantitative estimate of drug-likeness (QED) is 0.612. The second-order valence-electron chi connectivity index (χ2n) is 10.5. The summed E-state index contributed by atoms with van der Waals surface area (Å²) in [7, 11) is 3.99. The molecule has 8 nitrogen and oxygen atoms in total. The van der Waals surface area contributed by atoms with E-state index in [0.717, 1.165) is 37.2 Å². The minimum absolute atomic E-state index is 0.0978. The number of amides is 2. The molecule has 2 amide bonds. The van der Waals surface area contributed by atoms with Gasteiger partial charge in [0.05, 0.1) is 5.92 Å². The number of hydrogen-bond acceptors (Lipinski definition) is 5. The molecule has 1 spiro atoms. The second kappa shape index (κ2) is 11.3. The van der Waals surface area contributed by atoms with Gasteiger partial charge < -0.3 is 20.2 Å². The van der Waals surface area contributed by atoms with E-state index in [9.17, 15) is 22.8 Å². The molecule has 3 aliphatic rings. The molecular weight excluding hydrogens is 489 g/mol. The van der Waals surface area contributed by atoms with E-state index >= 15 is 0 Å². The zero-order chi connectivity index (χ0) is 27.5. The summed E-state index contributed by atoms with van der Waals surface area (Å²) in [6.45, 7) is 7.83. The van der Waals surface area contributed by atoms with Gasteiger partial charge in [-0.2, -0.15) is 13.2 Å². The Morgan fingerprint density at radius 1 is 1.16 bits per heavy atom. The van der Waals surface area contributed by atoms with Crippen molar-refractivity contribution in [2.75, 3.05) is 45.2 Å². The number of carbonyl (C=O) groups is 3. The highest BCUT2D eigenvalue weighted by Gasteiger charge is 2.57. The number of rotatable bonds is 5. The lowest BCUT2D eigenvalue weighted by atomic mass is 9.75. The molecular formula is C26H37F3N4O4. The van der Waals surface area contributed by atoms with Gasteiger partial charge >= 0.3 is 12.1 Å². The van der Waals surface area contributed by atoms with E-state index in [0.29, 0.717) is 25.0 Å². The first kappa shape index (κ1) is 28.7. The highest BCUT2D eigenvalue weighted by molar-refractivity contribution is 5.94. The smallest absolute Gasteiger partial charge is 0.475 e. The molecule has 0 bridgehead atoms. The summed E-state index contributed by atoms with van der Waals surface area (Å²) >= 11 is 0. The van der Waals surface area contributed by atoms with Crippen LogP contribution in [0, 0.1) is 11.8 Å². The molecule has 0 saturated carbocycles. The maximum absolute atomic E-state index is 13.0. The summed E-state index contributed by atoms with van der Waals surface area (Å²) in [5.74, 6) is -1.94. The lowest BCUT2D eigenvalue weighted by molar-refractivity contribution is -0.192. The van der Waals surface area contributed by atoms with Crippen molar-refractivity contribution in [1.82, 2.24) is 15.1 Å². The molecule has 2 N–H and O–H groups in total. The van der Waals surface area contributed by atoms with Crippen molar-refractivity contribution in [2.24, 2.45) is 11.8 Å². The van der Waals surface area contributed by atoms with Crippen LogP contribution < -0.4 is 10.2 Å². The maximum atomic E-state index is 13.0. The summed E-state index contributed by atoms with van der Waals surface area (Å²) in [5, 5.41) is 10.5. The number of aliphatic carboxylic acids is 1. The number of halogens is 3. The Bertz CT molecular complexity index is 975. The number of nitrogens with zero attached hydrogens (tertiary/aromatic N) is 3. The number of alkyl halides is 3. The third kappa shape index (κ3) is 6.37. The van der Waals surface area contributed by atoms with Crippen molar-refractivity contribution in [3.8, 4) is 0 Å². The molecule has 1 aromatic rings. The average molecular weight is 527 g/mol. The van der Waals surface area contributed by atoms with E-state index < -0.39 is 12.1 Å². The third-order valence-corrected chi connectivity index (χ3v) is 7.91. The first-order valence-electron chi connectivity index (χ1n) is 12.7. The summed E-state index contributed by atoms with van der Waals surface area (Å²) < 4.78 is 31.7. The summed E-state index contributed by atoms with van der Waals surface area (Å²) in [5.41, 5.74) is 1.70. The van der Waals surface area contributed by atoms with Crippen molar-refractivity contribution < 1.29 is 32.7 Å². The van der Waals surface area contributed by atoms with Gasteiger partial charge in [0.15, 0.2) is 0 Å². The average Bonchev–Trinajstić information content (AvgIpc) is 3.40. The first-order chi connectivity index (χ1) is 17.3. The number of anilines is 1. The molecule has 0 radical (unpaired) electrons. The Labute approximate surface area is 215 Å². The molecule has 3 aliphatic heterocycles.